The van der Waals surface area contributed by atoms with Gasteiger partial charge in [-0.2, -0.15) is 0 Å². The summed E-state index contributed by atoms with van der Waals surface area (Å²) in [6, 6.07) is 13.2. The molecule has 1 N–H and O–H groups in total. The van der Waals surface area contributed by atoms with Crippen molar-refractivity contribution >= 4 is 0 Å². The van der Waals surface area contributed by atoms with Gasteiger partial charge in [0.2, 0.25) is 0 Å². The van der Waals surface area contributed by atoms with Gasteiger partial charge in [0.1, 0.15) is 0 Å². The van der Waals surface area contributed by atoms with Crippen LogP contribution in [0.3, 0.4) is 0 Å². The fourth-order valence-corrected chi connectivity index (χ4v) is 2.03. The van der Waals surface area contributed by atoms with E-state index < -0.39 is 0 Å². The Morgan fingerprint density at radius 3 is 2.59 bits per heavy atom. The van der Waals surface area contributed by atoms with Crippen LogP contribution in [0.15, 0.2) is 48.8 Å². The quantitative estimate of drug-likeness (QED) is 0.867. The van der Waals surface area contributed by atoms with E-state index in [0.29, 0.717) is 6.04 Å². The van der Waals surface area contributed by atoms with Crippen LogP contribution in [0.5, 0.6) is 0 Å². The number of nitrogens with zero attached hydrogens (tertiary/aromatic N) is 1. The van der Waals surface area contributed by atoms with E-state index in [0.717, 1.165) is 6.42 Å². The maximum Gasteiger partial charge on any atom is 0.0358 e. The molecule has 0 saturated heterocycles. The van der Waals surface area contributed by atoms with Crippen molar-refractivity contribution in [1.82, 2.24) is 10.3 Å². The minimum absolute atomic E-state index is 0.359. The molecule has 0 amide bonds. The van der Waals surface area contributed by atoms with Crippen LogP contribution in [-0.2, 0) is 6.42 Å². The zero-order valence-corrected chi connectivity index (χ0v) is 10.4. The van der Waals surface area contributed by atoms with Crippen LogP contribution in [0.4, 0.5) is 0 Å². The molecule has 1 heterocycles. The molecule has 2 nitrogen and oxygen atoms in total. The molecule has 0 saturated carbocycles. The van der Waals surface area contributed by atoms with Crippen LogP contribution in [0.25, 0.3) is 0 Å². The van der Waals surface area contributed by atoms with Crippen molar-refractivity contribution in [2.75, 3.05) is 7.05 Å². The Hall–Kier alpha value is -1.67. The zero-order chi connectivity index (χ0) is 12.1. The van der Waals surface area contributed by atoms with Gasteiger partial charge in [0.15, 0.2) is 0 Å². The number of likely N-dealkylation sites (N-methyl/N-ethyl adjacent to an activating group) is 1. The number of nitrogens with one attached hydrogen (secondary N) is 1. The van der Waals surface area contributed by atoms with Gasteiger partial charge >= 0.3 is 0 Å². The monoisotopic (exact) mass is 226 g/mol. The molecule has 0 fully saturated rings. The first-order chi connectivity index (χ1) is 8.29. The van der Waals surface area contributed by atoms with E-state index in [4.69, 9.17) is 0 Å². The van der Waals surface area contributed by atoms with Crippen molar-refractivity contribution in [3.8, 4) is 0 Å². The van der Waals surface area contributed by atoms with E-state index in [1.807, 2.05) is 19.4 Å². The highest BCUT2D eigenvalue weighted by molar-refractivity contribution is 5.27. The van der Waals surface area contributed by atoms with Crippen molar-refractivity contribution in [3.63, 3.8) is 0 Å². The molecular weight excluding hydrogens is 208 g/mol. The minimum atomic E-state index is 0.359. The third kappa shape index (κ3) is 3.14. The highest BCUT2D eigenvalue weighted by Gasteiger charge is 2.09. The van der Waals surface area contributed by atoms with Crippen LogP contribution < -0.4 is 5.32 Å². The summed E-state index contributed by atoms with van der Waals surface area (Å²) < 4.78 is 0. The van der Waals surface area contributed by atoms with Crippen LogP contribution in [0.2, 0.25) is 0 Å². The van der Waals surface area contributed by atoms with Gasteiger partial charge in [-0.05, 0) is 43.7 Å². The lowest BCUT2D eigenvalue weighted by Crippen LogP contribution is -2.18. The van der Waals surface area contributed by atoms with Crippen molar-refractivity contribution < 1.29 is 0 Å². The molecule has 0 aliphatic carbocycles. The van der Waals surface area contributed by atoms with Gasteiger partial charge in [-0.15, -0.1) is 0 Å². The van der Waals surface area contributed by atoms with Gasteiger partial charge in [0, 0.05) is 18.4 Å². The van der Waals surface area contributed by atoms with Crippen molar-refractivity contribution in [3.05, 3.63) is 65.5 Å². The van der Waals surface area contributed by atoms with E-state index in [1.54, 1.807) is 0 Å². The van der Waals surface area contributed by atoms with Crippen LogP contribution >= 0.6 is 0 Å². The molecule has 0 radical (unpaired) electrons. The average molecular weight is 226 g/mol. The molecule has 88 valence electrons. The summed E-state index contributed by atoms with van der Waals surface area (Å²) in [7, 11) is 2.01. The predicted octanol–water partition coefficient (Wildman–Crippen LogP) is 2.89. The second-order valence-corrected chi connectivity index (χ2v) is 4.31. The first-order valence-electron chi connectivity index (χ1n) is 5.92. The van der Waals surface area contributed by atoms with E-state index in [1.165, 1.54) is 16.7 Å². The minimum Gasteiger partial charge on any atom is -0.313 e. The van der Waals surface area contributed by atoms with Gasteiger partial charge in [-0.1, -0.05) is 29.8 Å². The number of aryl methyl sites for hydroxylation is 1. The van der Waals surface area contributed by atoms with Crippen molar-refractivity contribution in [2.45, 2.75) is 19.4 Å². The molecule has 17 heavy (non-hydrogen) atoms. The molecule has 0 bridgehead atoms. The molecule has 1 aromatic carbocycles. The molecule has 1 unspecified atom stereocenters. The third-order valence-corrected chi connectivity index (χ3v) is 2.98. The topological polar surface area (TPSA) is 24.9 Å². The second kappa shape index (κ2) is 5.60. The maximum atomic E-state index is 4.04. The Morgan fingerprint density at radius 2 is 1.94 bits per heavy atom. The standard InChI is InChI=1S/C15H18N2/c1-12-4-3-5-14(10-12)15(16-2)11-13-6-8-17-9-7-13/h3-10,15-16H,11H2,1-2H3. The van der Waals surface area contributed by atoms with E-state index in [9.17, 15) is 0 Å². The number of hydrogen-bond donors (Lipinski definition) is 1. The molecule has 0 aliphatic heterocycles. The number of pyridine rings is 1. The highest BCUT2D eigenvalue weighted by atomic mass is 14.9. The van der Waals surface area contributed by atoms with Gasteiger partial charge in [0.25, 0.3) is 0 Å². The third-order valence-electron chi connectivity index (χ3n) is 2.98. The van der Waals surface area contributed by atoms with E-state index in [2.05, 4.69) is 53.6 Å². The summed E-state index contributed by atoms with van der Waals surface area (Å²) in [6.07, 6.45) is 4.68. The lowest BCUT2D eigenvalue weighted by atomic mass is 9.98. The SMILES string of the molecule is CNC(Cc1ccncc1)c1cccc(C)c1. The Bertz CT molecular complexity index is 465. The van der Waals surface area contributed by atoms with E-state index in [-0.39, 0.29) is 0 Å². The summed E-state index contributed by atoms with van der Waals surface area (Å²) in [5, 5.41) is 3.37. The molecule has 2 aromatic rings. The first kappa shape index (κ1) is 11.8. The van der Waals surface area contributed by atoms with Crippen molar-refractivity contribution in [1.29, 1.82) is 0 Å². The molecule has 0 spiro atoms. The summed E-state index contributed by atoms with van der Waals surface area (Å²) in [4.78, 5) is 4.04. The molecule has 1 atom stereocenters. The predicted molar refractivity (Wildman–Crippen MR) is 70.9 cm³/mol. The van der Waals surface area contributed by atoms with Gasteiger partial charge < -0.3 is 5.32 Å². The maximum absolute atomic E-state index is 4.04. The largest absolute Gasteiger partial charge is 0.313 e. The fourth-order valence-electron chi connectivity index (χ4n) is 2.03. The number of benzene rings is 1. The lowest BCUT2D eigenvalue weighted by Gasteiger charge is -2.17. The summed E-state index contributed by atoms with van der Waals surface area (Å²) >= 11 is 0. The molecule has 1 aromatic heterocycles. The number of aromatic nitrogens is 1. The second-order valence-electron chi connectivity index (χ2n) is 4.31. The van der Waals surface area contributed by atoms with Crippen LogP contribution in [0, 0.1) is 6.92 Å². The normalized spacial score (nSPS) is 12.4. The first-order valence-corrected chi connectivity index (χ1v) is 5.92. The molecule has 0 aliphatic rings. The van der Waals surface area contributed by atoms with Gasteiger partial charge in [-0.25, -0.2) is 0 Å². The smallest absolute Gasteiger partial charge is 0.0358 e. The lowest BCUT2D eigenvalue weighted by molar-refractivity contribution is 0.591. The Labute approximate surface area is 103 Å². The molecular formula is C15H18N2. The van der Waals surface area contributed by atoms with Gasteiger partial charge in [0.05, 0.1) is 0 Å². The zero-order valence-electron chi connectivity index (χ0n) is 10.4. The summed E-state index contributed by atoms with van der Waals surface area (Å²) in [6.45, 7) is 2.13. The number of hydrogen-bond acceptors (Lipinski definition) is 2. The van der Waals surface area contributed by atoms with Crippen LogP contribution in [0.1, 0.15) is 22.7 Å². The Kier molecular flexibility index (Phi) is 3.89. The molecule has 2 rings (SSSR count). The average Bonchev–Trinajstić information content (AvgIpc) is 2.37. The Balaban J connectivity index is 2.17. The van der Waals surface area contributed by atoms with Crippen LogP contribution in [-0.4, -0.2) is 12.0 Å². The number of rotatable bonds is 4. The summed E-state index contributed by atoms with van der Waals surface area (Å²) in [5.74, 6) is 0. The van der Waals surface area contributed by atoms with E-state index >= 15 is 0 Å². The highest BCUT2D eigenvalue weighted by Crippen LogP contribution is 2.18. The summed E-state index contributed by atoms with van der Waals surface area (Å²) in [5.41, 5.74) is 3.95. The van der Waals surface area contributed by atoms with Crippen molar-refractivity contribution in [2.24, 2.45) is 0 Å². The Morgan fingerprint density at radius 1 is 1.18 bits per heavy atom. The fraction of sp³-hybridized carbons (Fsp3) is 0.267. The van der Waals surface area contributed by atoms with Gasteiger partial charge in [-0.3, -0.25) is 4.98 Å². The molecule has 2 heteroatoms.